The van der Waals surface area contributed by atoms with Crippen molar-refractivity contribution in [2.24, 2.45) is 0 Å². The lowest BCUT2D eigenvalue weighted by Crippen LogP contribution is -2.33. The van der Waals surface area contributed by atoms with Crippen LogP contribution in [0.4, 0.5) is 5.69 Å². The number of carbonyl (C=O) groups is 1. The summed E-state index contributed by atoms with van der Waals surface area (Å²) in [4.78, 5) is 15.7. The molecule has 28 heavy (non-hydrogen) atoms. The average Bonchev–Trinajstić information content (AvgIpc) is 3.01. The number of amides is 1. The molecule has 1 N–H and O–H groups in total. The maximum Gasteiger partial charge on any atom is 0.242 e. The van der Waals surface area contributed by atoms with Gasteiger partial charge in [0.25, 0.3) is 0 Å². The van der Waals surface area contributed by atoms with Crippen LogP contribution in [-0.2, 0) is 21.4 Å². The number of aryl methyl sites for hydroxylation is 1. The van der Waals surface area contributed by atoms with Gasteiger partial charge in [-0.05, 0) is 36.8 Å². The molecule has 1 aromatic heterocycles. The topological polar surface area (TPSA) is 69.7 Å². The number of benzene rings is 1. The Kier molecular flexibility index (Phi) is 7.79. The van der Waals surface area contributed by atoms with Crippen molar-refractivity contribution in [2.45, 2.75) is 18.4 Å². The van der Waals surface area contributed by atoms with Gasteiger partial charge < -0.3 is 5.32 Å². The van der Waals surface area contributed by atoms with Gasteiger partial charge in [-0.3, -0.25) is 9.69 Å². The van der Waals surface area contributed by atoms with Gasteiger partial charge in [0.1, 0.15) is 0 Å². The monoisotopic (exact) mass is 441 g/mol. The Balaban J connectivity index is 2.11. The largest absolute Gasteiger partial charge is 0.325 e. The minimum absolute atomic E-state index is 0.144. The molecular formula is C19H24ClN3O3S2. The minimum atomic E-state index is -3.59. The van der Waals surface area contributed by atoms with Crippen molar-refractivity contribution in [2.75, 3.05) is 32.5 Å². The molecule has 0 aliphatic rings. The summed E-state index contributed by atoms with van der Waals surface area (Å²) in [7, 11) is -0.636. The van der Waals surface area contributed by atoms with Gasteiger partial charge in [0.2, 0.25) is 15.9 Å². The zero-order chi connectivity index (χ0) is 20.9. The van der Waals surface area contributed by atoms with Crippen LogP contribution in [0.15, 0.2) is 47.9 Å². The molecule has 0 aliphatic heterocycles. The Morgan fingerprint density at radius 1 is 1.29 bits per heavy atom. The Hall–Kier alpha value is -1.71. The zero-order valence-electron chi connectivity index (χ0n) is 16.1. The minimum Gasteiger partial charge on any atom is -0.325 e. The molecule has 0 fully saturated rings. The lowest BCUT2D eigenvalue weighted by atomic mass is 10.2. The van der Waals surface area contributed by atoms with Crippen LogP contribution >= 0.6 is 22.9 Å². The molecule has 9 heteroatoms. The van der Waals surface area contributed by atoms with E-state index in [9.17, 15) is 13.2 Å². The molecule has 0 spiro atoms. The lowest BCUT2D eigenvalue weighted by Gasteiger charge is -2.20. The number of hydrogen-bond donors (Lipinski definition) is 1. The van der Waals surface area contributed by atoms with Crippen molar-refractivity contribution >= 4 is 44.6 Å². The molecule has 2 rings (SSSR count). The number of hydrogen-bond acceptors (Lipinski definition) is 5. The summed E-state index contributed by atoms with van der Waals surface area (Å²) in [5, 5.41) is 2.78. The molecular weight excluding hydrogens is 418 g/mol. The fourth-order valence-corrected chi connectivity index (χ4v) is 4.86. The molecule has 6 nitrogen and oxygen atoms in total. The van der Waals surface area contributed by atoms with Crippen LogP contribution in [0.1, 0.15) is 10.4 Å². The number of carbonyl (C=O) groups excluding carboxylic acids is 1. The first-order chi connectivity index (χ1) is 13.1. The van der Waals surface area contributed by atoms with E-state index in [1.807, 2.05) is 17.0 Å². The molecule has 1 heterocycles. The Morgan fingerprint density at radius 3 is 2.57 bits per heavy atom. The van der Waals surface area contributed by atoms with Crippen molar-refractivity contribution in [3.05, 3.63) is 57.8 Å². The molecule has 0 atom stereocenters. The van der Waals surface area contributed by atoms with Gasteiger partial charge >= 0.3 is 0 Å². The number of nitrogens with one attached hydrogen (secondary N) is 1. The van der Waals surface area contributed by atoms with E-state index in [1.165, 1.54) is 31.5 Å². The second kappa shape index (κ2) is 9.67. The maximum absolute atomic E-state index is 12.5. The van der Waals surface area contributed by atoms with Crippen LogP contribution < -0.4 is 5.32 Å². The number of rotatable bonds is 9. The standard InChI is InChI=1S/C19H24ClN3O3S2/c1-5-10-23(12-16-8-9-18(20)27-16)13-19(24)21-15-7-6-14(2)17(11-15)28(25,26)22(3)4/h5-9,11H,1,10,12-13H2,2-4H3,(H,21,24). The second-order valence-corrected chi connectivity index (χ2v) is 10.4. The normalized spacial score (nSPS) is 11.8. The third-order valence-corrected chi connectivity index (χ3v) is 7.17. The summed E-state index contributed by atoms with van der Waals surface area (Å²) in [6.07, 6.45) is 1.73. The first kappa shape index (κ1) is 22.6. The third-order valence-electron chi connectivity index (χ3n) is 3.99. The van der Waals surface area contributed by atoms with E-state index in [0.29, 0.717) is 28.7 Å². The van der Waals surface area contributed by atoms with Gasteiger partial charge in [-0.25, -0.2) is 12.7 Å². The number of nitrogens with zero attached hydrogens (tertiary/aromatic N) is 2. The van der Waals surface area contributed by atoms with E-state index in [4.69, 9.17) is 11.6 Å². The summed E-state index contributed by atoms with van der Waals surface area (Å²) in [5.74, 6) is -0.235. The summed E-state index contributed by atoms with van der Waals surface area (Å²) < 4.78 is 26.7. The molecule has 1 aromatic carbocycles. The maximum atomic E-state index is 12.5. The molecule has 0 saturated carbocycles. The first-order valence-electron chi connectivity index (χ1n) is 8.54. The van der Waals surface area contributed by atoms with E-state index in [0.717, 1.165) is 9.18 Å². The summed E-state index contributed by atoms with van der Waals surface area (Å²) in [6, 6.07) is 8.62. The molecule has 0 saturated heterocycles. The van der Waals surface area contributed by atoms with E-state index < -0.39 is 10.0 Å². The van der Waals surface area contributed by atoms with Crippen molar-refractivity contribution in [1.29, 1.82) is 0 Å². The molecule has 0 radical (unpaired) electrons. The highest BCUT2D eigenvalue weighted by molar-refractivity contribution is 7.89. The highest BCUT2D eigenvalue weighted by Crippen LogP contribution is 2.24. The fourth-order valence-electron chi connectivity index (χ4n) is 2.58. The lowest BCUT2D eigenvalue weighted by molar-refractivity contribution is -0.117. The molecule has 0 bridgehead atoms. The molecule has 0 aliphatic carbocycles. The van der Waals surface area contributed by atoms with Gasteiger partial charge in [0.15, 0.2) is 0 Å². The van der Waals surface area contributed by atoms with Gasteiger partial charge in [-0.15, -0.1) is 17.9 Å². The van der Waals surface area contributed by atoms with Crippen LogP contribution in [0.2, 0.25) is 4.34 Å². The van der Waals surface area contributed by atoms with Crippen LogP contribution in [0.5, 0.6) is 0 Å². The van der Waals surface area contributed by atoms with Crippen molar-refractivity contribution in [3.63, 3.8) is 0 Å². The van der Waals surface area contributed by atoms with Gasteiger partial charge in [-0.2, -0.15) is 0 Å². The number of halogens is 1. The second-order valence-electron chi connectivity index (χ2n) is 6.48. The molecule has 0 unspecified atom stereocenters. The number of anilines is 1. The smallest absolute Gasteiger partial charge is 0.242 e. The van der Waals surface area contributed by atoms with E-state index >= 15 is 0 Å². The van der Waals surface area contributed by atoms with Crippen molar-refractivity contribution < 1.29 is 13.2 Å². The third kappa shape index (κ3) is 5.89. The Morgan fingerprint density at radius 2 is 2.00 bits per heavy atom. The van der Waals surface area contributed by atoms with Crippen molar-refractivity contribution in [1.82, 2.24) is 9.21 Å². The molecule has 1 amide bonds. The van der Waals surface area contributed by atoms with Gasteiger partial charge in [0.05, 0.1) is 15.8 Å². The predicted molar refractivity (Wildman–Crippen MR) is 115 cm³/mol. The van der Waals surface area contributed by atoms with Gasteiger partial charge in [0, 0.05) is 37.7 Å². The quantitative estimate of drug-likeness (QED) is 0.604. The number of thiophene rings is 1. The van der Waals surface area contributed by atoms with Gasteiger partial charge in [-0.1, -0.05) is 23.7 Å². The summed E-state index contributed by atoms with van der Waals surface area (Å²) >= 11 is 7.44. The Bertz CT molecular complexity index is 955. The van der Waals surface area contributed by atoms with Crippen LogP contribution in [-0.4, -0.2) is 50.7 Å². The van der Waals surface area contributed by atoms with Crippen LogP contribution in [0.3, 0.4) is 0 Å². The highest BCUT2D eigenvalue weighted by atomic mass is 35.5. The number of sulfonamides is 1. The molecule has 2 aromatic rings. The average molecular weight is 442 g/mol. The van der Waals surface area contributed by atoms with Crippen LogP contribution in [0, 0.1) is 6.92 Å². The summed E-state index contributed by atoms with van der Waals surface area (Å²) in [6.45, 7) is 6.72. The van der Waals surface area contributed by atoms with Crippen molar-refractivity contribution in [3.8, 4) is 0 Å². The van der Waals surface area contributed by atoms with E-state index in [1.54, 1.807) is 25.1 Å². The van der Waals surface area contributed by atoms with Crippen LogP contribution in [0.25, 0.3) is 0 Å². The fraction of sp³-hybridized carbons (Fsp3) is 0.316. The Labute approximate surface area is 175 Å². The first-order valence-corrected chi connectivity index (χ1v) is 11.2. The highest BCUT2D eigenvalue weighted by Gasteiger charge is 2.20. The van der Waals surface area contributed by atoms with E-state index in [2.05, 4.69) is 11.9 Å². The molecule has 152 valence electrons. The van der Waals surface area contributed by atoms with E-state index in [-0.39, 0.29) is 17.3 Å². The summed E-state index contributed by atoms with van der Waals surface area (Å²) in [5.41, 5.74) is 1.06. The zero-order valence-corrected chi connectivity index (χ0v) is 18.5. The predicted octanol–water partition coefficient (Wildman–Crippen LogP) is 3.59. The SMILES string of the molecule is C=CCN(CC(=O)Nc1ccc(C)c(S(=O)(=O)N(C)C)c1)Cc1ccc(Cl)s1.